The van der Waals surface area contributed by atoms with Crippen LogP contribution in [0.4, 0.5) is 0 Å². The molecular formula is C11H10N2O2. The number of ether oxygens (including phenoxy) is 1. The first kappa shape index (κ1) is 9.53. The first-order valence-corrected chi connectivity index (χ1v) is 4.58. The van der Waals surface area contributed by atoms with Crippen LogP contribution in [-0.4, -0.2) is 12.1 Å². The zero-order valence-corrected chi connectivity index (χ0v) is 8.52. The Labute approximate surface area is 87.1 Å². The minimum absolute atomic E-state index is 0.330. The van der Waals surface area contributed by atoms with Crippen molar-refractivity contribution in [2.45, 2.75) is 12.8 Å². The quantitative estimate of drug-likeness (QED) is 0.750. The second-order valence-corrected chi connectivity index (χ2v) is 3.24. The van der Waals surface area contributed by atoms with E-state index in [1.807, 2.05) is 0 Å². The highest BCUT2D eigenvalue weighted by atomic mass is 16.5. The molecule has 0 aliphatic heterocycles. The van der Waals surface area contributed by atoms with Crippen molar-refractivity contribution >= 4 is 11.1 Å². The number of oxazole rings is 1. The Morgan fingerprint density at radius 2 is 2.33 bits per heavy atom. The largest absolute Gasteiger partial charge is 0.497 e. The monoisotopic (exact) mass is 202 g/mol. The van der Waals surface area contributed by atoms with Gasteiger partial charge in [-0.15, -0.1) is 0 Å². The van der Waals surface area contributed by atoms with Gasteiger partial charge in [-0.2, -0.15) is 5.26 Å². The van der Waals surface area contributed by atoms with Crippen LogP contribution >= 0.6 is 0 Å². The summed E-state index contributed by atoms with van der Waals surface area (Å²) in [5.74, 6) is 0.844. The van der Waals surface area contributed by atoms with Crippen molar-refractivity contribution in [2.75, 3.05) is 7.11 Å². The van der Waals surface area contributed by atoms with Crippen LogP contribution in [0, 0.1) is 11.3 Å². The molecule has 0 spiro atoms. The van der Waals surface area contributed by atoms with E-state index in [2.05, 4.69) is 11.1 Å². The molecular weight excluding hydrogens is 192 g/mol. The number of hydrogen-bond acceptors (Lipinski definition) is 4. The fourth-order valence-corrected chi connectivity index (χ4v) is 1.29. The molecule has 1 heterocycles. The highest BCUT2D eigenvalue weighted by Gasteiger charge is 2.12. The second kappa shape index (κ2) is 3.62. The lowest BCUT2D eigenvalue weighted by Crippen LogP contribution is -1.87. The Bertz CT molecular complexity index is 525. The lowest BCUT2D eigenvalue weighted by atomic mass is 10.2. The molecule has 1 unspecified atom stereocenters. The van der Waals surface area contributed by atoms with E-state index in [0.717, 1.165) is 5.75 Å². The predicted molar refractivity (Wildman–Crippen MR) is 54.6 cm³/mol. The molecule has 76 valence electrons. The Hall–Kier alpha value is -2.02. The number of rotatable bonds is 2. The molecule has 0 N–H and O–H groups in total. The van der Waals surface area contributed by atoms with Crippen LogP contribution in [0.1, 0.15) is 18.7 Å². The molecule has 0 amide bonds. The zero-order valence-electron chi connectivity index (χ0n) is 8.52. The third kappa shape index (κ3) is 1.64. The van der Waals surface area contributed by atoms with Gasteiger partial charge in [-0.25, -0.2) is 4.98 Å². The summed E-state index contributed by atoms with van der Waals surface area (Å²) in [6, 6.07) is 7.45. The summed E-state index contributed by atoms with van der Waals surface area (Å²) in [5, 5.41) is 8.74. The van der Waals surface area contributed by atoms with E-state index in [1.54, 1.807) is 32.2 Å². The summed E-state index contributed by atoms with van der Waals surface area (Å²) >= 11 is 0. The molecule has 1 aromatic carbocycles. The number of hydrogen-bond donors (Lipinski definition) is 0. The molecule has 0 saturated heterocycles. The number of nitriles is 1. The Morgan fingerprint density at radius 1 is 1.53 bits per heavy atom. The summed E-state index contributed by atoms with van der Waals surface area (Å²) in [7, 11) is 1.60. The maximum atomic E-state index is 8.74. The van der Waals surface area contributed by atoms with Gasteiger partial charge in [0, 0.05) is 6.07 Å². The van der Waals surface area contributed by atoms with E-state index in [4.69, 9.17) is 14.4 Å². The molecule has 4 heteroatoms. The number of methoxy groups -OCH3 is 1. The molecule has 1 aromatic heterocycles. The third-order valence-electron chi connectivity index (χ3n) is 2.18. The zero-order chi connectivity index (χ0) is 10.8. The molecule has 4 nitrogen and oxygen atoms in total. The molecule has 0 fully saturated rings. The van der Waals surface area contributed by atoms with Crippen molar-refractivity contribution in [3.05, 3.63) is 24.1 Å². The van der Waals surface area contributed by atoms with Gasteiger partial charge in [0.1, 0.15) is 17.2 Å². The van der Waals surface area contributed by atoms with Crippen molar-refractivity contribution in [1.29, 1.82) is 5.26 Å². The van der Waals surface area contributed by atoms with Crippen molar-refractivity contribution < 1.29 is 9.15 Å². The van der Waals surface area contributed by atoms with E-state index in [-0.39, 0.29) is 5.92 Å². The Kier molecular flexibility index (Phi) is 2.30. The van der Waals surface area contributed by atoms with Gasteiger partial charge in [0.25, 0.3) is 0 Å². The fourth-order valence-electron chi connectivity index (χ4n) is 1.29. The number of nitrogens with zero attached hydrogens (tertiary/aromatic N) is 2. The molecule has 0 saturated carbocycles. The number of aromatic nitrogens is 1. The van der Waals surface area contributed by atoms with E-state index in [0.29, 0.717) is 17.0 Å². The molecule has 0 aliphatic carbocycles. The van der Waals surface area contributed by atoms with Gasteiger partial charge in [0.2, 0.25) is 5.89 Å². The maximum absolute atomic E-state index is 8.74. The van der Waals surface area contributed by atoms with E-state index in [1.165, 1.54) is 0 Å². The average Bonchev–Trinajstić information content (AvgIpc) is 2.70. The van der Waals surface area contributed by atoms with Gasteiger partial charge >= 0.3 is 0 Å². The van der Waals surface area contributed by atoms with E-state index < -0.39 is 0 Å². The smallest absolute Gasteiger partial charge is 0.212 e. The van der Waals surface area contributed by atoms with Gasteiger partial charge in [-0.05, 0) is 19.1 Å². The minimum atomic E-state index is -0.330. The van der Waals surface area contributed by atoms with E-state index >= 15 is 0 Å². The summed E-state index contributed by atoms with van der Waals surface area (Å²) in [4.78, 5) is 4.22. The van der Waals surface area contributed by atoms with Crippen molar-refractivity contribution in [2.24, 2.45) is 0 Å². The highest BCUT2D eigenvalue weighted by Crippen LogP contribution is 2.24. The number of benzene rings is 1. The van der Waals surface area contributed by atoms with Crippen molar-refractivity contribution in [1.82, 2.24) is 4.98 Å². The van der Waals surface area contributed by atoms with Gasteiger partial charge in [-0.1, -0.05) is 0 Å². The molecule has 2 rings (SSSR count). The Morgan fingerprint density at radius 3 is 3.00 bits per heavy atom. The van der Waals surface area contributed by atoms with Gasteiger partial charge < -0.3 is 9.15 Å². The average molecular weight is 202 g/mol. The summed E-state index contributed by atoms with van der Waals surface area (Å²) in [5.41, 5.74) is 1.39. The SMILES string of the molecule is COc1ccc2oc(C(C)C#N)nc2c1. The van der Waals surface area contributed by atoms with Crippen molar-refractivity contribution in [3.8, 4) is 11.8 Å². The topological polar surface area (TPSA) is 59.0 Å². The van der Waals surface area contributed by atoms with Crippen molar-refractivity contribution in [3.63, 3.8) is 0 Å². The molecule has 0 bridgehead atoms. The van der Waals surface area contributed by atoms with E-state index in [9.17, 15) is 0 Å². The third-order valence-corrected chi connectivity index (χ3v) is 2.18. The molecule has 2 aromatic rings. The predicted octanol–water partition coefficient (Wildman–Crippen LogP) is 2.46. The number of fused-ring (bicyclic) bond motifs is 1. The van der Waals surface area contributed by atoms with Crippen LogP contribution in [-0.2, 0) is 0 Å². The van der Waals surface area contributed by atoms with Crippen LogP contribution in [0.3, 0.4) is 0 Å². The van der Waals surface area contributed by atoms with Gasteiger partial charge in [-0.3, -0.25) is 0 Å². The maximum Gasteiger partial charge on any atom is 0.212 e. The summed E-state index contributed by atoms with van der Waals surface area (Å²) in [6.45, 7) is 1.75. The van der Waals surface area contributed by atoms with Crippen LogP contribution in [0.25, 0.3) is 11.1 Å². The fraction of sp³-hybridized carbons (Fsp3) is 0.273. The molecule has 0 aliphatic rings. The highest BCUT2D eigenvalue weighted by molar-refractivity contribution is 5.74. The lowest BCUT2D eigenvalue weighted by Gasteiger charge is -1.95. The van der Waals surface area contributed by atoms with Crippen LogP contribution < -0.4 is 4.74 Å². The lowest BCUT2D eigenvalue weighted by molar-refractivity contribution is 0.415. The first-order chi connectivity index (χ1) is 7.24. The second-order valence-electron chi connectivity index (χ2n) is 3.24. The van der Waals surface area contributed by atoms with Crippen LogP contribution in [0.5, 0.6) is 5.75 Å². The van der Waals surface area contributed by atoms with Gasteiger partial charge in [0.15, 0.2) is 5.58 Å². The van der Waals surface area contributed by atoms with Crippen LogP contribution in [0.2, 0.25) is 0 Å². The molecule has 15 heavy (non-hydrogen) atoms. The first-order valence-electron chi connectivity index (χ1n) is 4.58. The Balaban J connectivity index is 2.52. The summed E-state index contributed by atoms with van der Waals surface area (Å²) in [6.07, 6.45) is 0. The minimum Gasteiger partial charge on any atom is -0.497 e. The summed E-state index contributed by atoms with van der Waals surface area (Å²) < 4.78 is 10.5. The molecule has 1 atom stereocenters. The van der Waals surface area contributed by atoms with Gasteiger partial charge in [0.05, 0.1) is 13.2 Å². The molecule has 0 radical (unpaired) electrons. The standard InChI is InChI=1S/C11H10N2O2/c1-7(6-12)11-13-9-5-8(14-2)3-4-10(9)15-11/h3-5,7H,1-2H3. The van der Waals surface area contributed by atoms with Crippen LogP contribution in [0.15, 0.2) is 22.6 Å². The normalized spacial score (nSPS) is 12.3.